The third-order valence-electron chi connectivity index (χ3n) is 5.57. The Kier molecular flexibility index (Phi) is 4.10. The number of hydrogen-bond acceptors (Lipinski definition) is 3. The molecule has 0 radical (unpaired) electrons. The van der Waals surface area contributed by atoms with Crippen molar-refractivity contribution in [2.75, 3.05) is 12.4 Å². The predicted octanol–water partition coefficient (Wildman–Crippen LogP) is 5.35. The molecule has 1 aliphatic rings. The van der Waals surface area contributed by atoms with Gasteiger partial charge in [-0.2, -0.15) is 0 Å². The highest BCUT2D eigenvalue weighted by Crippen LogP contribution is 2.38. The van der Waals surface area contributed by atoms with Gasteiger partial charge in [-0.25, -0.2) is 0 Å². The molecule has 2 heterocycles. The van der Waals surface area contributed by atoms with Crippen LogP contribution >= 0.6 is 0 Å². The number of methoxy groups -OCH3 is 1. The van der Waals surface area contributed by atoms with E-state index < -0.39 is 0 Å². The SMILES string of the molecule is COc1cc(-c2ccc3c(c2)NC(=O)C3=Cc2c[nH]c3c(C)cccc23)ccc1O. The van der Waals surface area contributed by atoms with Crippen molar-refractivity contribution in [3.8, 4) is 22.6 Å². The fraction of sp³-hybridized carbons (Fsp3) is 0.0800. The lowest BCUT2D eigenvalue weighted by Gasteiger charge is -2.08. The minimum atomic E-state index is -0.118. The van der Waals surface area contributed by atoms with E-state index in [9.17, 15) is 9.90 Å². The monoisotopic (exact) mass is 396 g/mol. The van der Waals surface area contributed by atoms with Gasteiger partial charge < -0.3 is 20.1 Å². The van der Waals surface area contributed by atoms with Crippen LogP contribution in [0.25, 0.3) is 33.7 Å². The van der Waals surface area contributed by atoms with Crippen molar-refractivity contribution in [2.24, 2.45) is 0 Å². The zero-order chi connectivity index (χ0) is 20.8. The number of phenolic OH excluding ortho intramolecular Hbond substituents is 1. The van der Waals surface area contributed by atoms with E-state index in [0.717, 1.165) is 38.8 Å². The number of nitrogens with one attached hydrogen (secondary N) is 2. The first-order chi connectivity index (χ1) is 14.5. The summed E-state index contributed by atoms with van der Waals surface area (Å²) < 4.78 is 5.20. The Morgan fingerprint density at radius 3 is 2.67 bits per heavy atom. The first-order valence-corrected chi connectivity index (χ1v) is 9.66. The molecule has 0 bridgehead atoms. The molecule has 148 valence electrons. The van der Waals surface area contributed by atoms with Gasteiger partial charge in [-0.05, 0) is 47.9 Å². The molecule has 0 unspecified atom stereocenters. The van der Waals surface area contributed by atoms with Crippen molar-refractivity contribution in [3.05, 3.63) is 77.5 Å². The molecule has 0 spiro atoms. The molecule has 4 aromatic rings. The van der Waals surface area contributed by atoms with E-state index in [2.05, 4.69) is 29.4 Å². The zero-order valence-electron chi connectivity index (χ0n) is 16.6. The number of ether oxygens (including phenoxy) is 1. The molecule has 1 aromatic heterocycles. The standard InChI is InChI=1S/C25H20N2O3/c1-14-4-3-5-18-17(13-26-24(14)18)10-20-19-8-6-15(11-21(19)27-25(20)29)16-7-9-22(28)23(12-16)30-2/h3-13,26,28H,1-2H3,(H,27,29). The lowest BCUT2D eigenvalue weighted by atomic mass is 9.99. The number of carbonyl (C=O) groups excluding carboxylic acids is 1. The first kappa shape index (κ1) is 18.1. The molecule has 0 aliphatic carbocycles. The second-order valence-electron chi connectivity index (χ2n) is 7.40. The number of phenols is 1. The van der Waals surface area contributed by atoms with Crippen LogP contribution in [0.5, 0.6) is 11.5 Å². The van der Waals surface area contributed by atoms with E-state index >= 15 is 0 Å². The van der Waals surface area contributed by atoms with Gasteiger partial charge in [0.15, 0.2) is 11.5 Å². The van der Waals surface area contributed by atoms with Gasteiger partial charge in [-0.3, -0.25) is 4.79 Å². The summed E-state index contributed by atoms with van der Waals surface area (Å²) in [5.74, 6) is 0.384. The van der Waals surface area contributed by atoms with Crippen LogP contribution in [0.4, 0.5) is 5.69 Å². The molecule has 0 saturated carbocycles. The summed E-state index contributed by atoms with van der Waals surface area (Å²) in [7, 11) is 1.52. The molecule has 3 N–H and O–H groups in total. The van der Waals surface area contributed by atoms with E-state index in [-0.39, 0.29) is 11.7 Å². The Labute approximate surface area is 173 Å². The molecule has 1 aliphatic heterocycles. The number of benzene rings is 3. The summed E-state index contributed by atoms with van der Waals surface area (Å²) in [4.78, 5) is 16.0. The molecule has 0 saturated heterocycles. The maximum atomic E-state index is 12.7. The van der Waals surface area contributed by atoms with Crippen LogP contribution in [0.3, 0.4) is 0 Å². The highest BCUT2D eigenvalue weighted by Gasteiger charge is 2.25. The predicted molar refractivity (Wildman–Crippen MR) is 120 cm³/mol. The number of amides is 1. The summed E-state index contributed by atoms with van der Waals surface area (Å²) in [6.45, 7) is 2.06. The van der Waals surface area contributed by atoms with Crippen molar-refractivity contribution in [1.82, 2.24) is 4.98 Å². The first-order valence-electron chi connectivity index (χ1n) is 9.66. The summed E-state index contributed by atoms with van der Waals surface area (Å²) in [6.07, 6.45) is 3.87. The average Bonchev–Trinajstić information content (AvgIpc) is 3.30. The molecule has 3 aromatic carbocycles. The smallest absolute Gasteiger partial charge is 0.256 e. The second-order valence-corrected chi connectivity index (χ2v) is 7.40. The lowest BCUT2D eigenvalue weighted by molar-refractivity contribution is -0.110. The van der Waals surface area contributed by atoms with Crippen molar-refractivity contribution >= 4 is 34.1 Å². The van der Waals surface area contributed by atoms with Gasteiger partial charge in [-0.15, -0.1) is 0 Å². The number of para-hydroxylation sites is 1. The van der Waals surface area contributed by atoms with Gasteiger partial charge in [-0.1, -0.05) is 36.4 Å². The van der Waals surface area contributed by atoms with E-state index in [1.165, 1.54) is 12.7 Å². The zero-order valence-corrected chi connectivity index (χ0v) is 16.6. The molecule has 0 fully saturated rings. The Morgan fingerprint density at radius 1 is 1.03 bits per heavy atom. The number of anilines is 1. The molecule has 5 heteroatoms. The third-order valence-corrected chi connectivity index (χ3v) is 5.57. The van der Waals surface area contributed by atoms with Gasteiger partial charge in [0.2, 0.25) is 0 Å². The topological polar surface area (TPSA) is 74.3 Å². The Morgan fingerprint density at radius 2 is 1.83 bits per heavy atom. The van der Waals surface area contributed by atoms with Crippen LogP contribution in [0.2, 0.25) is 0 Å². The van der Waals surface area contributed by atoms with Crippen molar-refractivity contribution in [3.63, 3.8) is 0 Å². The van der Waals surface area contributed by atoms with Gasteiger partial charge in [0.1, 0.15) is 0 Å². The Balaban J connectivity index is 1.57. The number of hydrogen-bond donors (Lipinski definition) is 3. The number of rotatable bonds is 3. The maximum absolute atomic E-state index is 12.7. The van der Waals surface area contributed by atoms with Gasteiger partial charge in [0, 0.05) is 39.5 Å². The minimum absolute atomic E-state index is 0.0925. The number of carbonyl (C=O) groups is 1. The molecule has 5 nitrogen and oxygen atoms in total. The third kappa shape index (κ3) is 2.83. The minimum Gasteiger partial charge on any atom is -0.504 e. The van der Waals surface area contributed by atoms with E-state index in [0.29, 0.717) is 11.3 Å². The van der Waals surface area contributed by atoms with Crippen molar-refractivity contribution in [2.45, 2.75) is 6.92 Å². The van der Waals surface area contributed by atoms with E-state index in [1.54, 1.807) is 12.1 Å². The molecular weight excluding hydrogens is 376 g/mol. The van der Waals surface area contributed by atoms with Gasteiger partial charge in [0.25, 0.3) is 5.91 Å². The number of aromatic nitrogens is 1. The lowest BCUT2D eigenvalue weighted by Crippen LogP contribution is -2.03. The Bertz CT molecular complexity index is 1350. The number of H-pyrrole nitrogens is 1. The van der Waals surface area contributed by atoms with Crippen LogP contribution in [-0.4, -0.2) is 23.1 Å². The normalized spacial score (nSPS) is 14.2. The second kappa shape index (κ2) is 6.81. The van der Waals surface area contributed by atoms with Crippen molar-refractivity contribution in [1.29, 1.82) is 0 Å². The summed E-state index contributed by atoms with van der Waals surface area (Å²) in [5.41, 5.74) is 7.34. The van der Waals surface area contributed by atoms with Gasteiger partial charge >= 0.3 is 0 Å². The Hall–Kier alpha value is -3.99. The highest BCUT2D eigenvalue weighted by molar-refractivity contribution is 6.35. The maximum Gasteiger partial charge on any atom is 0.256 e. The summed E-state index contributed by atoms with van der Waals surface area (Å²) >= 11 is 0. The average molecular weight is 396 g/mol. The van der Waals surface area contributed by atoms with Crippen LogP contribution in [0.15, 0.2) is 60.8 Å². The molecule has 30 heavy (non-hydrogen) atoms. The number of aromatic hydroxyl groups is 1. The number of aryl methyl sites for hydroxylation is 1. The summed E-state index contributed by atoms with van der Waals surface area (Å²) in [5, 5.41) is 13.9. The van der Waals surface area contributed by atoms with Crippen LogP contribution in [-0.2, 0) is 4.79 Å². The molecule has 0 atom stereocenters. The number of aromatic amines is 1. The van der Waals surface area contributed by atoms with Crippen LogP contribution in [0.1, 0.15) is 16.7 Å². The number of fused-ring (bicyclic) bond motifs is 2. The summed E-state index contributed by atoms with van der Waals surface area (Å²) in [6, 6.07) is 17.2. The molecular formula is C25H20N2O3. The van der Waals surface area contributed by atoms with Crippen LogP contribution < -0.4 is 10.1 Å². The van der Waals surface area contributed by atoms with E-state index in [1.807, 2.05) is 42.6 Å². The van der Waals surface area contributed by atoms with Crippen molar-refractivity contribution < 1.29 is 14.6 Å². The van der Waals surface area contributed by atoms with E-state index in [4.69, 9.17) is 4.74 Å². The fourth-order valence-electron chi connectivity index (χ4n) is 3.98. The quantitative estimate of drug-likeness (QED) is 0.409. The molecule has 5 rings (SSSR count). The van der Waals surface area contributed by atoms with Crippen LogP contribution in [0, 0.1) is 6.92 Å². The fourth-order valence-corrected chi connectivity index (χ4v) is 3.98. The molecule has 1 amide bonds. The largest absolute Gasteiger partial charge is 0.504 e. The van der Waals surface area contributed by atoms with Gasteiger partial charge in [0.05, 0.1) is 7.11 Å². The highest BCUT2D eigenvalue weighted by atomic mass is 16.5.